The average Bonchev–Trinajstić information content (AvgIpc) is 3.13. The number of nitrogens with one attached hydrogen (secondary N) is 1. The molecular weight excluding hydrogens is 306 g/mol. The lowest BCUT2D eigenvalue weighted by atomic mass is 9.87. The predicted molar refractivity (Wildman–Crippen MR) is 88.0 cm³/mol. The Kier molecular flexibility index (Phi) is 5.53. The standard InChI is InChI=1S/C17H23N5O2/c23-15-8-4-7-14(9-15)11-18-17(24)16(22-12-19-20-21-22)10-13-5-2-1-3-6-13/h1-3,5-6,12,14-16,23H,4,7-11H2,(H,18,24). The van der Waals surface area contributed by atoms with Gasteiger partial charge in [0.1, 0.15) is 12.4 Å². The van der Waals surface area contributed by atoms with E-state index in [0.717, 1.165) is 31.2 Å². The fourth-order valence-corrected chi connectivity index (χ4v) is 3.27. The van der Waals surface area contributed by atoms with E-state index in [-0.39, 0.29) is 12.0 Å². The van der Waals surface area contributed by atoms with Crippen LogP contribution in [0.2, 0.25) is 0 Å². The van der Waals surface area contributed by atoms with Crippen LogP contribution in [0.5, 0.6) is 0 Å². The lowest BCUT2D eigenvalue weighted by Gasteiger charge is -2.26. The predicted octanol–water partition coefficient (Wildman–Crippen LogP) is 1.12. The molecule has 2 N–H and O–H groups in total. The molecule has 0 radical (unpaired) electrons. The molecule has 3 unspecified atom stereocenters. The quantitative estimate of drug-likeness (QED) is 0.828. The van der Waals surface area contributed by atoms with E-state index < -0.39 is 6.04 Å². The first-order valence-electron chi connectivity index (χ1n) is 8.44. The summed E-state index contributed by atoms with van der Waals surface area (Å²) in [5.74, 6) is 0.246. The summed E-state index contributed by atoms with van der Waals surface area (Å²) in [5.41, 5.74) is 1.06. The molecule has 1 heterocycles. The van der Waals surface area contributed by atoms with Crippen LogP contribution in [0.4, 0.5) is 0 Å². The molecule has 0 bridgehead atoms. The van der Waals surface area contributed by atoms with E-state index in [9.17, 15) is 9.90 Å². The Balaban J connectivity index is 1.63. The number of benzene rings is 1. The minimum Gasteiger partial charge on any atom is -0.393 e. The Bertz CT molecular complexity index is 632. The maximum Gasteiger partial charge on any atom is 0.245 e. The highest BCUT2D eigenvalue weighted by Gasteiger charge is 2.25. The van der Waals surface area contributed by atoms with E-state index in [0.29, 0.717) is 18.9 Å². The van der Waals surface area contributed by atoms with Crippen molar-refractivity contribution >= 4 is 5.91 Å². The molecule has 3 atom stereocenters. The van der Waals surface area contributed by atoms with Gasteiger partial charge in [-0.05, 0) is 41.2 Å². The summed E-state index contributed by atoms with van der Waals surface area (Å²) >= 11 is 0. The molecule has 1 aromatic heterocycles. The van der Waals surface area contributed by atoms with Crippen molar-refractivity contribution in [1.82, 2.24) is 25.5 Å². The van der Waals surface area contributed by atoms with E-state index in [1.54, 1.807) is 0 Å². The summed E-state index contributed by atoms with van der Waals surface area (Å²) in [6.07, 6.45) is 5.46. The molecule has 1 fully saturated rings. The van der Waals surface area contributed by atoms with Crippen LogP contribution < -0.4 is 5.32 Å². The van der Waals surface area contributed by atoms with Gasteiger partial charge in [0.25, 0.3) is 0 Å². The Morgan fingerprint density at radius 2 is 2.17 bits per heavy atom. The highest BCUT2D eigenvalue weighted by atomic mass is 16.3. The average molecular weight is 329 g/mol. The van der Waals surface area contributed by atoms with E-state index in [1.807, 2.05) is 30.3 Å². The number of hydrogen-bond donors (Lipinski definition) is 2. The van der Waals surface area contributed by atoms with Crippen molar-refractivity contribution in [2.45, 2.75) is 44.2 Å². The second-order valence-electron chi connectivity index (χ2n) is 6.43. The van der Waals surface area contributed by atoms with Gasteiger partial charge in [0.15, 0.2) is 0 Å². The van der Waals surface area contributed by atoms with Crippen LogP contribution in [0.25, 0.3) is 0 Å². The third-order valence-corrected chi connectivity index (χ3v) is 4.58. The molecule has 3 rings (SSSR count). The fraction of sp³-hybridized carbons (Fsp3) is 0.529. The number of tetrazole rings is 1. The largest absolute Gasteiger partial charge is 0.393 e. The minimum absolute atomic E-state index is 0.0915. The lowest BCUT2D eigenvalue weighted by molar-refractivity contribution is -0.125. The van der Waals surface area contributed by atoms with Crippen molar-refractivity contribution in [2.24, 2.45) is 5.92 Å². The van der Waals surface area contributed by atoms with Gasteiger partial charge in [0, 0.05) is 13.0 Å². The van der Waals surface area contributed by atoms with Gasteiger partial charge in [0.05, 0.1) is 6.10 Å². The van der Waals surface area contributed by atoms with Gasteiger partial charge in [-0.15, -0.1) is 5.10 Å². The number of rotatable bonds is 6. The first-order chi connectivity index (χ1) is 11.7. The summed E-state index contributed by atoms with van der Waals surface area (Å²) in [7, 11) is 0. The molecule has 1 aliphatic carbocycles. The van der Waals surface area contributed by atoms with E-state index in [4.69, 9.17) is 0 Å². The zero-order valence-corrected chi connectivity index (χ0v) is 13.6. The van der Waals surface area contributed by atoms with Crippen molar-refractivity contribution in [3.05, 3.63) is 42.2 Å². The molecule has 7 heteroatoms. The van der Waals surface area contributed by atoms with Crippen molar-refractivity contribution in [3.8, 4) is 0 Å². The molecule has 0 saturated heterocycles. The summed E-state index contributed by atoms with van der Waals surface area (Å²) < 4.78 is 1.50. The highest BCUT2D eigenvalue weighted by molar-refractivity contribution is 5.80. The summed E-state index contributed by atoms with van der Waals surface area (Å²) in [6, 6.07) is 9.35. The van der Waals surface area contributed by atoms with Crippen molar-refractivity contribution in [1.29, 1.82) is 0 Å². The number of amides is 1. The molecule has 1 amide bonds. The lowest BCUT2D eigenvalue weighted by Crippen LogP contribution is -2.38. The number of carbonyl (C=O) groups is 1. The molecule has 1 aromatic carbocycles. The molecule has 0 spiro atoms. The Morgan fingerprint density at radius 3 is 2.88 bits per heavy atom. The molecular formula is C17H23N5O2. The monoisotopic (exact) mass is 329 g/mol. The summed E-state index contributed by atoms with van der Waals surface area (Å²) in [4.78, 5) is 12.7. The van der Waals surface area contributed by atoms with Gasteiger partial charge >= 0.3 is 0 Å². The van der Waals surface area contributed by atoms with Crippen LogP contribution >= 0.6 is 0 Å². The number of aromatic nitrogens is 4. The van der Waals surface area contributed by atoms with E-state index >= 15 is 0 Å². The third kappa shape index (κ3) is 4.38. The van der Waals surface area contributed by atoms with E-state index in [1.165, 1.54) is 11.0 Å². The van der Waals surface area contributed by atoms with Gasteiger partial charge < -0.3 is 10.4 Å². The normalized spacial score (nSPS) is 22.0. The maximum absolute atomic E-state index is 12.7. The van der Waals surface area contributed by atoms with Crippen LogP contribution in [-0.4, -0.2) is 43.9 Å². The van der Waals surface area contributed by atoms with E-state index in [2.05, 4.69) is 20.8 Å². The zero-order valence-electron chi connectivity index (χ0n) is 13.6. The summed E-state index contributed by atoms with van der Waals surface area (Å²) in [6.45, 7) is 0.587. The number of aliphatic hydroxyl groups excluding tert-OH is 1. The molecule has 7 nitrogen and oxygen atoms in total. The van der Waals surface area contributed by atoms with Crippen molar-refractivity contribution in [3.63, 3.8) is 0 Å². The van der Waals surface area contributed by atoms with Crippen LogP contribution in [-0.2, 0) is 11.2 Å². The molecule has 1 saturated carbocycles. The first-order valence-corrected chi connectivity index (χ1v) is 8.44. The Labute approximate surface area is 141 Å². The Morgan fingerprint density at radius 1 is 1.33 bits per heavy atom. The van der Waals surface area contributed by atoms with Crippen LogP contribution in [0.3, 0.4) is 0 Å². The topological polar surface area (TPSA) is 92.9 Å². The van der Waals surface area contributed by atoms with Gasteiger partial charge in [-0.2, -0.15) is 0 Å². The second-order valence-corrected chi connectivity index (χ2v) is 6.43. The van der Waals surface area contributed by atoms with Crippen LogP contribution in [0.15, 0.2) is 36.7 Å². The summed E-state index contributed by atoms with van der Waals surface area (Å²) in [5, 5.41) is 24.0. The molecule has 128 valence electrons. The van der Waals surface area contributed by atoms with Crippen molar-refractivity contribution in [2.75, 3.05) is 6.54 Å². The van der Waals surface area contributed by atoms with Crippen molar-refractivity contribution < 1.29 is 9.90 Å². The van der Waals surface area contributed by atoms with Gasteiger partial charge in [-0.1, -0.05) is 36.8 Å². The van der Waals surface area contributed by atoms with Crippen LogP contribution in [0.1, 0.15) is 37.3 Å². The SMILES string of the molecule is O=C(NCC1CCCC(O)C1)C(Cc1ccccc1)n1cnnn1. The fourth-order valence-electron chi connectivity index (χ4n) is 3.27. The molecule has 0 aliphatic heterocycles. The number of aliphatic hydroxyl groups is 1. The third-order valence-electron chi connectivity index (χ3n) is 4.58. The smallest absolute Gasteiger partial charge is 0.245 e. The molecule has 1 aliphatic rings. The molecule has 24 heavy (non-hydrogen) atoms. The zero-order chi connectivity index (χ0) is 16.8. The van der Waals surface area contributed by atoms with Crippen LogP contribution in [0, 0.1) is 5.92 Å². The first kappa shape index (κ1) is 16.6. The minimum atomic E-state index is -0.476. The number of nitrogens with zero attached hydrogens (tertiary/aromatic N) is 4. The number of hydrogen-bond acceptors (Lipinski definition) is 5. The highest BCUT2D eigenvalue weighted by Crippen LogP contribution is 2.23. The van der Waals surface area contributed by atoms with Gasteiger partial charge in [-0.3, -0.25) is 4.79 Å². The molecule has 2 aromatic rings. The Hall–Kier alpha value is -2.28. The number of carbonyl (C=O) groups excluding carboxylic acids is 1. The second kappa shape index (κ2) is 8.01. The maximum atomic E-state index is 12.7. The van der Waals surface area contributed by atoms with Gasteiger partial charge in [-0.25, -0.2) is 4.68 Å². The van der Waals surface area contributed by atoms with Gasteiger partial charge in [0.2, 0.25) is 5.91 Å².